The largest absolute Gasteiger partial charge is 0.486 e. The van der Waals surface area contributed by atoms with Gasteiger partial charge in [-0.05, 0) is 32.0 Å². The molecule has 2 unspecified atom stereocenters. The van der Waals surface area contributed by atoms with Gasteiger partial charge in [-0.2, -0.15) is 0 Å². The zero-order valence-electron chi connectivity index (χ0n) is 14.5. The van der Waals surface area contributed by atoms with Crippen LogP contribution in [0.2, 0.25) is 0 Å². The number of ether oxygens (including phenoxy) is 3. The molecular weight excluding hydrogens is 306 g/mol. The minimum atomic E-state index is -0.464. The van der Waals surface area contributed by atoms with Gasteiger partial charge < -0.3 is 24.2 Å². The van der Waals surface area contributed by atoms with Crippen LogP contribution in [0.5, 0.6) is 11.5 Å². The lowest BCUT2D eigenvalue weighted by Crippen LogP contribution is -2.41. The molecule has 1 saturated carbocycles. The summed E-state index contributed by atoms with van der Waals surface area (Å²) in [4.78, 5) is 2.28. The monoisotopic (exact) mass is 335 g/mol. The standard InChI is InChI=1S/C19H29NO4/c1-20(15-7-3-2-4-8-15)11-16(21)12-22-13-17-14-23-18-9-5-6-10-19(18)24-17/h5-6,9-10,15-17,21H,2-4,7-8,11-14H2,1H3. The average Bonchev–Trinajstić information content (AvgIpc) is 2.62. The molecule has 3 rings (SSSR count). The zero-order chi connectivity index (χ0) is 16.8. The number of benzene rings is 1. The average molecular weight is 335 g/mol. The maximum atomic E-state index is 10.2. The van der Waals surface area contributed by atoms with Crippen LogP contribution in [0.4, 0.5) is 0 Å². The Morgan fingerprint density at radius 2 is 1.96 bits per heavy atom. The van der Waals surface area contributed by atoms with Gasteiger partial charge >= 0.3 is 0 Å². The van der Waals surface area contributed by atoms with E-state index in [1.807, 2.05) is 24.3 Å². The number of nitrogens with zero attached hydrogens (tertiary/aromatic N) is 1. The molecule has 5 nitrogen and oxygen atoms in total. The number of fused-ring (bicyclic) bond motifs is 1. The van der Waals surface area contributed by atoms with E-state index in [1.54, 1.807) is 0 Å². The Morgan fingerprint density at radius 3 is 2.75 bits per heavy atom. The van der Waals surface area contributed by atoms with Crippen LogP contribution in [-0.2, 0) is 4.74 Å². The van der Waals surface area contributed by atoms with Crippen LogP contribution in [0.3, 0.4) is 0 Å². The molecule has 1 fully saturated rings. The van der Waals surface area contributed by atoms with E-state index in [1.165, 1.54) is 32.1 Å². The molecule has 134 valence electrons. The van der Waals surface area contributed by atoms with E-state index in [9.17, 15) is 5.11 Å². The Balaban J connectivity index is 1.34. The second kappa shape index (κ2) is 8.70. The van der Waals surface area contributed by atoms with Crippen molar-refractivity contribution >= 4 is 0 Å². The van der Waals surface area contributed by atoms with E-state index in [2.05, 4.69) is 11.9 Å². The van der Waals surface area contributed by atoms with E-state index in [4.69, 9.17) is 14.2 Å². The van der Waals surface area contributed by atoms with Gasteiger partial charge in [0, 0.05) is 12.6 Å². The normalized spacial score (nSPS) is 22.5. The molecule has 0 radical (unpaired) electrons. The summed E-state index contributed by atoms with van der Waals surface area (Å²) in [6, 6.07) is 8.27. The van der Waals surface area contributed by atoms with Gasteiger partial charge in [-0.25, -0.2) is 0 Å². The summed E-state index contributed by atoms with van der Waals surface area (Å²) in [5.41, 5.74) is 0. The summed E-state index contributed by atoms with van der Waals surface area (Å²) >= 11 is 0. The van der Waals surface area contributed by atoms with Crippen LogP contribution >= 0.6 is 0 Å². The first-order valence-corrected chi connectivity index (χ1v) is 9.07. The van der Waals surface area contributed by atoms with E-state index < -0.39 is 6.10 Å². The minimum absolute atomic E-state index is 0.122. The molecule has 1 aromatic carbocycles. The van der Waals surface area contributed by atoms with Gasteiger partial charge in [0.05, 0.1) is 19.3 Å². The highest BCUT2D eigenvalue weighted by molar-refractivity contribution is 5.40. The number of para-hydroxylation sites is 2. The molecule has 0 bridgehead atoms. The van der Waals surface area contributed by atoms with Crippen LogP contribution in [0.15, 0.2) is 24.3 Å². The van der Waals surface area contributed by atoms with Crippen molar-refractivity contribution in [3.8, 4) is 11.5 Å². The molecule has 1 N–H and O–H groups in total. The first-order valence-electron chi connectivity index (χ1n) is 9.07. The molecule has 1 aliphatic carbocycles. The summed E-state index contributed by atoms with van der Waals surface area (Å²) in [5, 5.41) is 10.2. The highest BCUT2D eigenvalue weighted by Gasteiger charge is 2.22. The van der Waals surface area contributed by atoms with Crippen LogP contribution in [0, 0.1) is 0 Å². The number of hydrogen-bond acceptors (Lipinski definition) is 5. The lowest BCUT2D eigenvalue weighted by Gasteiger charge is -2.32. The van der Waals surface area contributed by atoms with Crippen molar-refractivity contribution in [3.05, 3.63) is 24.3 Å². The maximum Gasteiger partial charge on any atom is 0.161 e. The number of aliphatic hydroxyl groups excluding tert-OH is 1. The minimum Gasteiger partial charge on any atom is -0.486 e. The molecule has 0 saturated heterocycles. The fourth-order valence-corrected chi connectivity index (χ4v) is 3.54. The number of hydrogen-bond donors (Lipinski definition) is 1. The van der Waals surface area contributed by atoms with Crippen LogP contribution in [0.1, 0.15) is 32.1 Å². The molecule has 0 aromatic heterocycles. The third-order valence-electron chi connectivity index (χ3n) is 4.88. The summed E-state index contributed by atoms with van der Waals surface area (Å²) in [6.07, 6.45) is 5.87. The van der Waals surface area contributed by atoms with E-state index in [0.29, 0.717) is 32.4 Å². The van der Waals surface area contributed by atoms with Crippen molar-refractivity contribution < 1.29 is 19.3 Å². The van der Waals surface area contributed by atoms with Gasteiger partial charge in [0.1, 0.15) is 6.61 Å². The van der Waals surface area contributed by atoms with Crippen molar-refractivity contribution in [2.24, 2.45) is 0 Å². The van der Waals surface area contributed by atoms with E-state index in [0.717, 1.165) is 11.5 Å². The second-order valence-corrected chi connectivity index (χ2v) is 6.92. The third-order valence-corrected chi connectivity index (χ3v) is 4.88. The molecule has 0 amide bonds. The quantitative estimate of drug-likeness (QED) is 0.829. The summed E-state index contributed by atoms with van der Waals surface area (Å²) in [5.74, 6) is 1.54. The van der Waals surface area contributed by atoms with E-state index in [-0.39, 0.29) is 6.10 Å². The Morgan fingerprint density at radius 1 is 1.21 bits per heavy atom. The molecule has 0 spiro atoms. The van der Waals surface area contributed by atoms with Crippen molar-refractivity contribution in [3.63, 3.8) is 0 Å². The highest BCUT2D eigenvalue weighted by atomic mass is 16.6. The number of aliphatic hydroxyl groups is 1. The van der Waals surface area contributed by atoms with Crippen molar-refractivity contribution in [1.82, 2.24) is 4.90 Å². The van der Waals surface area contributed by atoms with Gasteiger partial charge in [-0.3, -0.25) is 0 Å². The van der Waals surface area contributed by atoms with Crippen molar-refractivity contribution in [2.75, 3.05) is 33.4 Å². The zero-order valence-corrected chi connectivity index (χ0v) is 14.5. The maximum absolute atomic E-state index is 10.2. The Kier molecular flexibility index (Phi) is 6.35. The summed E-state index contributed by atoms with van der Waals surface area (Å²) < 4.78 is 17.2. The fourth-order valence-electron chi connectivity index (χ4n) is 3.54. The highest BCUT2D eigenvalue weighted by Crippen LogP contribution is 2.30. The van der Waals surface area contributed by atoms with Crippen LogP contribution < -0.4 is 9.47 Å². The first-order chi connectivity index (χ1) is 11.7. The van der Waals surface area contributed by atoms with Gasteiger partial charge in [-0.15, -0.1) is 0 Å². The predicted octanol–water partition coefficient (Wildman–Crippen LogP) is 2.47. The summed E-state index contributed by atoms with van der Waals surface area (Å²) in [7, 11) is 2.11. The molecule has 2 aliphatic rings. The Bertz CT molecular complexity index is 504. The molecule has 24 heavy (non-hydrogen) atoms. The predicted molar refractivity (Wildman–Crippen MR) is 92.7 cm³/mol. The summed E-state index contributed by atoms with van der Waals surface area (Å²) in [6.45, 7) is 1.90. The molecule has 1 heterocycles. The smallest absolute Gasteiger partial charge is 0.161 e. The second-order valence-electron chi connectivity index (χ2n) is 6.92. The molecule has 5 heteroatoms. The number of rotatable bonds is 7. The fraction of sp³-hybridized carbons (Fsp3) is 0.684. The number of likely N-dealkylation sites (N-methyl/N-ethyl adjacent to an activating group) is 1. The van der Waals surface area contributed by atoms with Crippen LogP contribution in [0.25, 0.3) is 0 Å². The Hall–Kier alpha value is -1.30. The molecule has 2 atom stereocenters. The van der Waals surface area contributed by atoms with Crippen molar-refractivity contribution in [2.45, 2.75) is 50.4 Å². The van der Waals surface area contributed by atoms with E-state index >= 15 is 0 Å². The van der Waals surface area contributed by atoms with Gasteiger partial charge in [0.2, 0.25) is 0 Å². The first kappa shape index (κ1) is 17.5. The lowest BCUT2D eigenvalue weighted by molar-refractivity contribution is -0.0308. The van der Waals surface area contributed by atoms with Crippen molar-refractivity contribution in [1.29, 1.82) is 0 Å². The SMILES string of the molecule is CN(CC(O)COCC1COc2ccccc2O1)C1CCCCC1. The molecule has 1 aromatic rings. The van der Waals surface area contributed by atoms with Gasteiger partial charge in [0.25, 0.3) is 0 Å². The van der Waals surface area contributed by atoms with Gasteiger partial charge in [0.15, 0.2) is 17.6 Å². The van der Waals surface area contributed by atoms with Gasteiger partial charge in [-0.1, -0.05) is 31.4 Å². The lowest BCUT2D eigenvalue weighted by atomic mass is 9.94. The topological polar surface area (TPSA) is 51.2 Å². The third kappa shape index (κ3) is 4.85. The van der Waals surface area contributed by atoms with Crippen LogP contribution in [-0.4, -0.2) is 61.7 Å². The molecular formula is C19H29NO4. The molecule has 1 aliphatic heterocycles. The Labute approximate surface area is 144 Å².